The molecule has 2 N–H and O–H groups in total. The topological polar surface area (TPSA) is 26.0 Å². The molecule has 0 aromatic carbocycles. The lowest BCUT2D eigenvalue weighted by Crippen LogP contribution is -2.40. The van der Waals surface area contributed by atoms with Crippen LogP contribution in [0, 0.1) is 5.41 Å². The molecule has 6 heteroatoms. The molecule has 1 nitrogen and oxygen atoms in total. The molecule has 0 atom stereocenters. The van der Waals surface area contributed by atoms with Crippen molar-refractivity contribution in [3.8, 4) is 0 Å². The Balaban J connectivity index is 2.62. The summed E-state index contributed by atoms with van der Waals surface area (Å²) in [6.07, 6.45) is -5.87. The van der Waals surface area contributed by atoms with Crippen LogP contribution in [0.3, 0.4) is 0 Å². The summed E-state index contributed by atoms with van der Waals surface area (Å²) in [5.74, 6) is -4.59. The largest absolute Gasteiger partial charge is 0.453 e. The molecule has 1 saturated carbocycles. The van der Waals surface area contributed by atoms with Gasteiger partial charge >= 0.3 is 12.1 Å². The van der Waals surface area contributed by atoms with Crippen molar-refractivity contribution in [3.05, 3.63) is 0 Å². The van der Waals surface area contributed by atoms with Gasteiger partial charge in [0.25, 0.3) is 0 Å². The van der Waals surface area contributed by atoms with Gasteiger partial charge in [0.1, 0.15) is 0 Å². The van der Waals surface area contributed by atoms with Gasteiger partial charge < -0.3 is 5.73 Å². The lowest BCUT2D eigenvalue weighted by atomic mass is 9.98. The molecule has 1 aliphatic carbocycles. The Morgan fingerprint density at radius 2 is 1.54 bits per heavy atom. The molecular formula is C7H10F5N. The average Bonchev–Trinajstić information content (AvgIpc) is 2.66. The van der Waals surface area contributed by atoms with Crippen LogP contribution in [0.1, 0.15) is 19.3 Å². The number of hydrogen-bond acceptors (Lipinski definition) is 1. The molecular weight excluding hydrogens is 193 g/mol. The zero-order valence-corrected chi connectivity index (χ0v) is 6.80. The van der Waals surface area contributed by atoms with Gasteiger partial charge in [-0.3, -0.25) is 0 Å². The van der Waals surface area contributed by atoms with E-state index in [0.717, 1.165) is 0 Å². The molecule has 0 aromatic heterocycles. The van der Waals surface area contributed by atoms with E-state index in [0.29, 0.717) is 12.8 Å². The van der Waals surface area contributed by atoms with E-state index in [2.05, 4.69) is 0 Å². The fourth-order valence-electron chi connectivity index (χ4n) is 1.20. The molecule has 1 aliphatic rings. The predicted octanol–water partition coefficient (Wildman–Crippen LogP) is 2.31. The minimum absolute atomic E-state index is 0.0985. The highest BCUT2D eigenvalue weighted by Crippen LogP contribution is 2.54. The maximum atomic E-state index is 12.5. The fourth-order valence-corrected chi connectivity index (χ4v) is 1.20. The first kappa shape index (κ1) is 10.7. The highest BCUT2D eigenvalue weighted by Gasteiger charge is 2.62. The Morgan fingerprint density at radius 3 is 1.77 bits per heavy atom. The quantitative estimate of drug-likeness (QED) is 0.700. The van der Waals surface area contributed by atoms with Crippen molar-refractivity contribution in [1.82, 2.24) is 0 Å². The van der Waals surface area contributed by atoms with E-state index in [9.17, 15) is 22.0 Å². The van der Waals surface area contributed by atoms with Crippen LogP contribution in [-0.2, 0) is 0 Å². The Morgan fingerprint density at radius 1 is 1.08 bits per heavy atom. The minimum atomic E-state index is -5.45. The number of hydrogen-bond donors (Lipinski definition) is 1. The number of halogens is 5. The molecule has 0 bridgehead atoms. The van der Waals surface area contributed by atoms with Crippen molar-refractivity contribution in [1.29, 1.82) is 0 Å². The van der Waals surface area contributed by atoms with Gasteiger partial charge in [0.05, 0.1) is 0 Å². The van der Waals surface area contributed by atoms with E-state index < -0.39 is 23.9 Å². The van der Waals surface area contributed by atoms with Crippen LogP contribution in [0.5, 0.6) is 0 Å². The normalized spacial score (nSPS) is 21.7. The van der Waals surface area contributed by atoms with Crippen LogP contribution < -0.4 is 5.73 Å². The van der Waals surface area contributed by atoms with E-state index >= 15 is 0 Å². The molecule has 0 amide bonds. The molecule has 0 heterocycles. The van der Waals surface area contributed by atoms with Crippen LogP contribution in [0.4, 0.5) is 22.0 Å². The number of alkyl halides is 5. The van der Waals surface area contributed by atoms with Gasteiger partial charge in [0, 0.05) is 6.42 Å². The first-order valence-corrected chi connectivity index (χ1v) is 3.87. The second-order valence-electron chi connectivity index (χ2n) is 3.58. The highest BCUT2D eigenvalue weighted by atomic mass is 19.4. The van der Waals surface area contributed by atoms with Crippen LogP contribution in [0.2, 0.25) is 0 Å². The first-order chi connectivity index (χ1) is 5.72. The Hall–Kier alpha value is -0.390. The molecule has 0 aliphatic heterocycles. The van der Waals surface area contributed by atoms with E-state index in [1.54, 1.807) is 0 Å². The van der Waals surface area contributed by atoms with Crippen molar-refractivity contribution >= 4 is 0 Å². The number of nitrogens with two attached hydrogens (primary N) is 1. The maximum Gasteiger partial charge on any atom is 0.453 e. The van der Waals surface area contributed by atoms with Crippen LogP contribution >= 0.6 is 0 Å². The van der Waals surface area contributed by atoms with Crippen LogP contribution in [0.15, 0.2) is 0 Å². The highest BCUT2D eigenvalue weighted by molar-refractivity contribution is 4.99. The van der Waals surface area contributed by atoms with E-state index in [-0.39, 0.29) is 6.54 Å². The van der Waals surface area contributed by atoms with Crippen molar-refractivity contribution in [2.24, 2.45) is 11.1 Å². The molecule has 0 saturated heterocycles. The van der Waals surface area contributed by atoms with Crippen molar-refractivity contribution in [3.63, 3.8) is 0 Å². The van der Waals surface area contributed by atoms with Gasteiger partial charge in [-0.2, -0.15) is 22.0 Å². The van der Waals surface area contributed by atoms with Gasteiger partial charge in [-0.25, -0.2) is 0 Å². The van der Waals surface area contributed by atoms with Crippen LogP contribution in [-0.4, -0.2) is 18.6 Å². The van der Waals surface area contributed by atoms with Gasteiger partial charge in [-0.05, 0) is 24.8 Å². The predicted molar refractivity (Wildman–Crippen MR) is 36.3 cm³/mol. The minimum Gasteiger partial charge on any atom is -0.330 e. The molecule has 78 valence electrons. The summed E-state index contributed by atoms with van der Waals surface area (Å²) >= 11 is 0. The summed E-state index contributed by atoms with van der Waals surface area (Å²) in [5, 5.41) is 0. The Kier molecular flexibility index (Phi) is 2.30. The van der Waals surface area contributed by atoms with Crippen molar-refractivity contribution in [2.45, 2.75) is 31.4 Å². The van der Waals surface area contributed by atoms with Gasteiger partial charge in [0.2, 0.25) is 0 Å². The van der Waals surface area contributed by atoms with E-state index in [1.165, 1.54) is 0 Å². The average molecular weight is 203 g/mol. The maximum absolute atomic E-state index is 12.5. The van der Waals surface area contributed by atoms with E-state index in [4.69, 9.17) is 5.73 Å². The molecule has 1 fully saturated rings. The first-order valence-electron chi connectivity index (χ1n) is 3.87. The summed E-state index contributed by atoms with van der Waals surface area (Å²) in [6, 6.07) is 0. The summed E-state index contributed by atoms with van der Waals surface area (Å²) in [5.41, 5.74) is 4.16. The molecule has 0 aromatic rings. The third-order valence-corrected chi connectivity index (χ3v) is 2.40. The van der Waals surface area contributed by atoms with Gasteiger partial charge in [0.15, 0.2) is 0 Å². The molecule has 1 rings (SSSR count). The Bertz CT molecular complexity index is 194. The number of rotatable bonds is 3. The monoisotopic (exact) mass is 203 g/mol. The zero-order chi connectivity index (χ0) is 10.3. The second-order valence-corrected chi connectivity index (χ2v) is 3.58. The molecule has 0 spiro atoms. The van der Waals surface area contributed by atoms with Gasteiger partial charge in [-0.1, -0.05) is 0 Å². The summed E-state index contributed by atoms with van der Waals surface area (Å²) in [6.45, 7) is -0.0985. The van der Waals surface area contributed by atoms with E-state index in [1.807, 2.05) is 0 Å². The third-order valence-electron chi connectivity index (χ3n) is 2.40. The molecule has 0 unspecified atom stereocenters. The third kappa shape index (κ3) is 2.10. The zero-order valence-electron chi connectivity index (χ0n) is 6.80. The molecule has 13 heavy (non-hydrogen) atoms. The summed E-state index contributed by atoms with van der Waals surface area (Å²) < 4.78 is 60.2. The van der Waals surface area contributed by atoms with Crippen LogP contribution in [0.25, 0.3) is 0 Å². The smallest absolute Gasteiger partial charge is 0.330 e. The SMILES string of the molecule is NCC1(CC(F)(F)C(F)(F)F)CC1. The second kappa shape index (κ2) is 2.80. The van der Waals surface area contributed by atoms with Crippen molar-refractivity contribution in [2.75, 3.05) is 6.54 Å². The van der Waals surface area contributed by atoms with Crippen molar-refractivity contribution < 1.29 is 22.0 Å². The standard InChI is InChI=1S/C7H10F5N/c8-6(9,7(10,11)12)3-5(4-13)1-2-5/h1-4,13H2. The fraction of sp³-hybridized carbons (Fsp3) is 1.00. The Labute approximate surface area is 72.1 Å². The lowest BCUT2D eigenvalue weighted by Gasteiger charge is -2.23. The molecule has 0 radical (unpaired) electrons. The van der Waals surface area contributed by atoms with Gasteiger partial charge in [-0.15, -0.1) is 0 Å². The summed E-state index contributed by atoms with van der Waals surface area (Å²) in [7, 11) is 0. The summed E-state index contributed by atoms with van der Waals surface area (Å²) in [4.78, 5) is 0. The lowest BCUT2D eigenvalue weighted by molar-refractivity contribution is -0.289.